The summed E-state index contributed by atoms with van der Waals surface area (Å²) in [5.74, 6) is -3.72. The standard InChI is InChI=1S/C32H44O7/c1-18(2)28(36)37-17-25(35)32-26(38-29(39-32)19-8-6-5-7-9-19)15-23-22-11-10-20-14-21(33)12-13-30(20,3)27(22)24(34)16-31(23,32)4/h12-14,18-19,22-24,26-27,29,34H,5-11,15-17H2,1-4H3/t22?,23?,24-,26-,27?,29-,30-,31-,32+/m0/s1/i10D2,18D. The lowest BCUT2D eigenvalue weighted by Crippen LogP contribution is -2.63. The van der Waals surface area contributed by atoms with E-state index < -0.39 is 65.6 Å². The van der Waals surface area contributed by atoms with E-state index in [0.29, 0.717) is 12.0 Å². The molecule has 214 valence electrons. The topological polar surface area (TPSA) is 99.1 Å². The van der Waals surface area contributed by atoms with E-state index in [4.69, 9.17) is 18.3 Å². The summed E-state index contributed by atoms with van der Waals surface area (Å²) in [7, 11) is 0. The molecule has 0 aromatic carbocycles. The zero-order valence-corrected chi connectivity index (χ0v) is 23.5. The van der Waals surface area contributed by atoms with Gasteiger partial charge in [-0.05, 0) is 62.5 Å². The molecule has 7 heteroatoms. The third-order valence-corrected chi connectivity index (χ3v) is 11.1. The van der Waals surface area contributed by atoms with Gasteiger partial charge in [0.1, 0.15) is 0 Å². The van der Waals surface area contributed by atoms with Crippen LogP contribution in [0.15, 0.2) is 23.8 Å². The number of fused-ring (bicyclic) bond motifs is 7. The number of ketones is 2. The van der Waals surface area contributed by atoms with Gasteiger partial charge in [0.15, 0.2) is 24.3 Å². The number of Topliss-reactive ketones (excluding diaryl/α,β-unsaturated/α-hetero) is 1. The van der Waals surface area contributed by atoms with Gasteiger partial charge in [-0.2, -0.15) is 0 Å². The number of ether oxygens (including phenoxy) is 3. The minimum atomic E-state index is -1.77. The SMILES string of the molecule is [2H]C(C)(C)C(=O)OCC(=O)[C@@]12O[C@@H](C3CCCCC3)O[C@H]1CC1C3CC([2H])([2H])C4=CC(=O)C=C[C@]4(C)C3[C@@H](O)C[C@@]12C. The maximum atomic E-state index is 14.3. The highest BCUT2D eigenvalue weighted by Crippen LogP contribution is 2.70. The number of aliphatic hydroxyl groups excluding tert-OH is 1. The summed E-state index contributed by atoms with van der Waals surface area (Å²) in [5.41, 5.74) is -2.83. The smallest absolute Gasteiger partial charge is 0.308 e. The van der Waals surface area contributed by atoms with Crippen molar-refractivity contribution in [3.63, 3.8) is 0 Å². The maximum absolute atomic E-state index is 14.3. The van der Waals surface area contributed by atoms with E-state index in [1.807, 2.05) is 13.8 Å². The van der Waals surface area contributed by atoms with Crippen LogP contribution in [0.4, 0.5) is 0 Å². The van der Waals surface area contributed by atoms with Crippen LogP contribution in [0.5, 0.6) is 0 Å². The molecule has 5 aliphatic carbocycles. The number of allylic oxidation sites excluding steroid dienone is 4. The van der Waals surface area contributed by atoms with Crippen molar-refractivity contribution in [3.8, 4) is 0 Å². The molecule has 0 radical (unpaired) electrons. The molecule has 6 aliphatic rings. The maximum Gasteiger partial charge on any atom is 0.308 e. The largest absolute Gasteiger partial charge is 0.457 e. The van der Waals surface area contributed by atoms with Gasteiger partial charge in [-0.25, -0.2) is 0 Å². The molecule has 1 heterocycles. The molecule has 4 saturated carbocycles. The molecule has 39 heavy (non-hydrogen) atoms. The van der Waals surface area contributed by atoms with Gasteiger partial charge in [0.25, 0.3) is 0 Å². The molecule has 3 unspecified atom stereocenters. The van der Waals surface area contributed by atoms with Crippen LogP contribution in [0.2, 0.25) is 0 Å². The molecular formula is C32H44O7. The molecule has 7 nitrogen and oxygen atoms in total. The quantitative estimate of drug-likeness (QED) is 0.502. The summed E-state index contributed by atoms with van der Waals surface area (Å²) >= 11 is 0. The van der Waals surface area contributed by atoms with E-state index >= 15 is 0 Å². The summed E-state index contributed by atoms with van der Waals surface area (Å²) in [6.45, 7) is 6.14. The molecule has 5 fully saturated rings. The fourth-order valence-corrected chi connectivity index (χ4v) is 9.21. The average molecular weight is 544 g/mol. The first-order chi connectivity index (χ1) is 19.5. The van der Waals surface area contributed by atoms with Crippen LogP contribution in [-0.2, 0) is 28.6 Å². The van der Waals surface area contributed by atoms with Crippen LogP contribution < -0.4 is 0 Å². The lowest BCUT2D eigenvalue weighted by molar-refractivity contribution is -0.210. The molecule has 0 aromatic rings. The second-order valence-corrected chi connectivity index (χ2v) is 13.4. The molecule has 0 amide bonds. The van der Waals surface area contributed by atoms with Gasteiger partial charge in [0, 0.05) is 26.8 Å². The number of carbonyl (C=O) groups is 3. The second kappa shape index (κ2) is 9.63. The van der Waals surface area contributed by atoms with Crippen molar-refractivity contribution in [2.75, 3.05) is 6.61 Å². The van der Waals surface area contributed by atoms with E-state index in [9.17, 15) is 19.5 Å². The Hall–Kier alpha value is -1.83. The minimum absolute atomic E-state index is 0.114. The van der Waals surface area contributed by atoms with Crippen molar-refractivity contribution in [1.29, 1.82) is 0 Å². The second-order valence-electron chi connectivity index (χ2n) is 13.4. The number of hydrogen-bond donors (Lipinski definition) is 1. The number of esters is 1. The van der Waals surface area contributed by atoms with Crippen molar-refractivity contribution in [1.82, 2.24) is 0 Å². The van der Waals surface area contributed by atoms with Gasteiger partial charge < -0.3 is 19.3 Å². The van der Waals surface area contributed by atoms with Gasteiger partial charge in [0.2, 0.25) is 5.78 Å². The first kappa shape index (κ1) is 23.8. The van der Waals surface area contributed by atoms with Crippen molar-refractivity contribution >= 4 is 17.5 Å². The predicted molar refractivity (Wildman–Crippen MR) is 143 cm³/mol. The average Bonchev–Trinajstić information content (AvgIpc) is 3.41. The molecule has 0 spiro atoms. The van der Waals surface area contributed by atoms with Crippen molar-refractivity contribution in [2.45, 2.75) is 110 Å². The van der Waals surface area contributed by atoms with Gasteiger partial charge >= 0.3 is 5.97 Å². The Morgan fingerprint density at radius 2 is 1.97 bits per heavy atom. The van der Waals surface area contributed by atoms with Crippen LogP contribution in [0.1, 0.15) is 89.5 Å². The highest BCUT2D eigenvalue weighted by molar-refractivity contribution is 6.01. The van der Waals surface area contributed by atoms with Crippen molar-refractivity contribution in [3.05, 3.63) is 23.8 Å². The van der Waals surface area contributed by atoms with E-state index in [2.05, 4.69) is 0 Å². The fraction of sp³-hybridized carbons (Fsp3) is 0.781. The monoisotopic (exact) mass is 543 g/mol. The molecule has 0 aromatic heterocycles. The number of aliphatic hydroxyl groups is 1. The molecule has 1 saturated heterocycles. The first-order valence-electron chi connectivity index (χ1n) is 16.2. The molecule has 0 bridgehead atoms. The number of carbonyl (C=O) groups excluding carboxylic acids is 3. The third kappa shape index (κ3) is 3.97. The number of rotatable bonds is 5. The third-order valence-electron chi connectivity index (χ3n) is 11.1. The Morgan fingerprint density at radius 1 is 1.23 bits per heavy atom. The highest BCUT2D eigenvalue weighted by atomic mass is 16.7. The summed E-state index contributed by atoms with van der Waals surface area (Å²) < 4.78 is 44.9. The van der Waals surface area contributed by atoms with Gasteiger partial charge in [-0.1, -0.05) is 58.6 Å². The van der Waals surface area contributed by atoms with Gasteiger partial charge in [-0.15, -0.1) is 0 Å². The number of hydrogen-bond acceptors (Lipinski definition) is 7. The Kier molecular flexibility index (Phi) is 5.88. The van der Waals surface area contributed by atoms with Crippen LogP contribution in [0.3, 0.4) is 0 Å². The van der Waals surface area contributed by atoms with Gasteiger partial charge in [-0.3, -0.25) is 14.4 Å². The Balaban J connectivity index is 1.39. The van der Waals surface area contributed by atoms with E-state index in [-0.39, 0.29) is 42.3 Å². The molecular weight excluding hydrogens is 496 g/mol. The van der Waals surface area contributed by atoms with Crippen LogP contribution >= 0.6 is 0 Å². The highest BCUT2D eigenvalue weighted by Gasteiger charge is 2.76. The van der Waals surface area contributed by atoms with Gasteiger partial charge in [0.05, 0.1) is 18.1 Å². The molecule has 1 N–H and O–H groups in total. The Labute approximate surface area is 235 Å². The van der Waals surface area contributed by atoms with E-state index in [1.165, 1.54) is 26.0 Å². The zero-order valence-electron chi connectivity index (χ0n) is 26.5. The predicted octanol–water partition coefficient (Wildman–Crippen LogP) is 4.70. The summed E-state index contributed by atoms with van der Waals surface area (Å²) in [6.07, 6.45) is 6.74. The van der Waals surface area contributed by atoms with Crippen LogP contribution in [-0.4, -0.2) is 53.3 Å². The van der Waals surface area contributed by atoms with Crippen LogP contribution in [0, 0.1) is 40.4 Å². The Morgan fingerprint density at radius 3 is 2.69 bits per heavy atom. The Bertz CT molecular complexity index is 1230. The minimum Gasteiger partial charge on any atom is -0.457 e. The first-order valence-corrected chi connectivity index (χ1v) is 14.7. The lowest BCUT2D eigenvalue weighted by Gasteiger charge is -2.59. The van der Waals surface area contributed by atoms with Crippen LogP contribution in [0.25, 0.3) is 0 Å². The molecule has 9 atom stereocenters. The summed E-state index contributed by atoms with van der Waals surface area (Å²) in [6, 6.07) is 0. The molecule has 1 aliphatic heterocycles. The zero-order chi connectivity index (χ0) is 30.5. The molecule has 6 rings (SSSR count). The summed E-state index contributed by atoms with van der Waals surface area (Å²) in [4.78, 5) is 39.1. The van der Waals surface area contributed by atoms with Crippen molar-refractivity contribution < 1.29 is 37.8 Å². The normalized spacial score (nSPS) is 48.0. The fourth-order valence-electron chi connectivity index (χ4n) is 9.21. The van der Waals surface area contributed by atoms with E-state index in [0.717, 1.165) is 32.1 Å². The summed E-state index contributed by atoms with van der Waals surface area (Å²) in [5, 5.41) is 11.9. The van der Waals surface area contributed by atoms with E-state index in [1.54, 1.807) is 6.08 Å². The van der Waals surface area contributed by atoms with Crippen molar-refractivity contribution in [2.24, 2.45) is 40.4 Å². The lowest BCUT2D eigenvalue weighted by atomic mass is 9.46.